The Bertz CT molecular complexity index is 871. The minimum atomic E-state index is -0.394. The average Bonchev–Trinajstić information content (AvgIpc) is 3.30. The molecular formula is C20H24N4O6S4. The molecule has 0 saturated carbocycles. The van der Waals surface area contributed by atoms with Gasteiger partial charge in [0, 0.05) is 52.1 Å². The summed E-state index contributed by atoms with van der Waals surface area (Å²) in [7, 11) is 0. The lowest BCUT2D eigenvalue weighted by Crippen LogP contribution is -2.42. The van der Waals surface area contributed by atoms with Crippen molar-refractivity contribution in [3.8, 4) is 0 Å². The molecule has 4 saturated heterocycles. The first-order valence-corrected chi connectivity index (χ1v) is 13.3. The summed E-state index contributed by atoms with van der Waals surface area (Å²) >= 11 is 12.8. The Morgan fingerprint density at radius 2 is 1.06 bits per heavy atom. The van der Waals surface area contributed by atoms with Gasteiger partial charge in [-0.05, 0) is 0 Å². The fourth-order valence-corrected chi connectivity index (χ4v) is 6.58. The van der Waals surface area contributed by atoms with E-state index in [4.69, 9.17) is 33.9 Å². The van der Waals surface area contributed by atoms with Gasteiger partial charge in [0.25, 0.3) is 11.8 Å². The SMILES string of the molecule is O=C(CCN1C(=O)/C(=C2\SC(=S)N(CCC(=O)N3CCOCC3)C2=O)SC1=S)N1CCOCC1. The number of ether oxygens (including phenoxy) is 2. The summed E-state index contributed by atoms with van der Waals surface area (Å²) in [5.74, 6) is -0.911. The molecule has 0 bridgehead atoms. The number of carbonyl (C=O) groups excluding carboxylic acids is 4. The molecule has 14 heteroatoms. The first kappa shape index (κ1) is 25.5. The maximum atomic E-state index is 13.0. The van der Waals surface area contributed by atoms with E-state index in [9.17, 15) is 19.2 Å². The van der Waals surface area contributed by atoms with Crippen LogP contribution in [0.15, 0.2) is 9.81 Å². The van der Waals surface area contributed by atoms with Gasteiger partial charge in [0.15, 0.2) is 0 Å². The summed E-state index contributed by atoms with van der Waals surface area (Å²) < 4.78 is 11.1. The molecule has 34 heavy (non-hydrogen) atoms. The molecule has 0 spiro atoms. The number of thiocarbonyl (C=S) groups is 2. The van der Waals surface area contributed by atoms with Crippen LogP contribution in [0.25, 0.3) is 0 Å². The van der Waals surface area contributed by atoms with Crippen molar-refractivity contribution in [3.63, 3.8) is 0 Å². The molecule has 4 heterocycles. The molecule has 0 aliphatic carbocycles. The Hall–Kier alpha value is -1.58. The van der Waals surface area contributed by atoms with Crippen molar-refractivity contribution in [2.75, 3.05) is 65.7 Å². The van der Waals surface area contributed by atoms with Crippen LogP contribution >= 0.6 is 48.0 Å². The highest BCUT2D eigenvalue weighted by atomic mass is 32.2. The van der Waals surface area contributed by atoms with E-state index in [2.05, 4.69) is 0 Å². The highest BCUT2D eigenvalue weighted by molar-refractivity contribution is 8.29. The number of amides is 4. The normalized spacial score (nSPS) is 24.0. The lowest BCUT2D eigenvalue weighted by Gasteiger charge is -2.27. The molecule has 0 aromatic carbocycles. The van der Waals surface area contributed by atoms with Gasteiger partial charge < -0.3 is 19.3 Å². The quantitative estimate of drug-likeness (QED) is 0.346. The molecule has 10 nitrogen and oxygen atoms in total. The van der Waals surface area contributed by atoms with Crippen molar-refractivity contribution in [3.05, 3.63) is 9.81 Å². The molecule has 0 atom stereocenters. The average molecular weight is 545 g/mol. The van der Waals surface area contributed by atoms with E-state index >= 15 is 0 Å². The van der Waals surface area contributed by atoms with Crippen LogP contribution in [0, 0.1) is 0 Å². The lowest BCUT2D eigenvalue weighted by molar-refractivity contribution is -0.136. The molecular weight excluding hydrogens is 521 g/mol. The Morgan fingerprint density at radius 1 is 0.706 bits per heavy atom. The summed E-state index contributed by atoms with van der Waals surface area (Å²) in [5.41, 5.74) is 0. The molecule has 0 radical (unpaired) electrons. The van der Waals surface area contributed by atoms with Crippen molar-refractivity contribution in [1.29, 1.82) is 0 Å². The lowest BCUT2D eigenvalue weighted by atomic mass is 10.3. The van der Waals surface area contributed by atoms with Gasteiger partial charge in [-0.15, -0.1) is 0 Å². The topological polar surface area (TPSA) is 99.7 Å². The van der Waals surface area contributed by atoms with Crippen molar-refractivity contribution >= 4 is 80.2 Å². The van der Waals surface area contributed by atoms with E-state index in [1.54, 1.807) is 9.80 Å². The highest BCUT2D eigenvalue weighted by Crippen LogP contribution is 2.42. The fraction of sp³-hybridized carbons (Fsp3) is 0.600. The van der Waals surface area contributed by atoms with Gasteiger partial charge in [0.1, 0.15) is 8.64 Å². The molecule has 0 N–H and O–H groups in total. The number of thioether (sulfide) groups is 2. The van der Waals surface area contributed by atoms with Crippen LogP contribution in [0.1, 0.15) is 12.8 Å². The number of rotatable bonds is 6. The van der Waals surface area contributed by atoms with Crippen molar-refractivity contribution in [1.82, 2.24) is 19.6 Å². The monoisotopic (exact) mass is 544 g/mol. The van der Waals surface area contributed by atoms with Crippen LogP contribution in [0.4, 0.5) is 0 Å². The standard InChI is InChI=1S/C20H24N4O6S4/c25-13(21-5-9-29-10-6-21)1-3-23-17(27)15(33-19(23)31)16-18(28)24(20(32)34-16)4-2-14(26)22-7-11-30-12-8-22/h1-12H2/b16-15+. The zero-order valence-corrected chi connectivity index (χ0v) is 21.6. The van der Waals surface area contributed by atoms with Crippen LogP contribution in [-0.4, -0.2) is 118 Å². The van der Waals surface area contributed by atoms with E-state index in [1.165, 1.54) is 9.80 Å². The summed E-state index contributed by atoms with van der Waals surface area (Å²) in [6, 6.07) is 0. The minimum Gasteiger partial charge on any atom is -0.378 e. The molecule has 0 aromatic heterocycles. The second kappa shape index (κ2) is 11.4. The molecule has 184 valence electrons. The van der Waals surface area contributed by atoms with Crippen LogP contribution in [0.2, 0.25) is 0 Å². The highest BCUT2D eigenvalue weighted by Gasteiger charge is 2.42. The molecule has 0 unspecified atom stereocenters. The number of hydrogen-bond acceptors (Lipinski definition) is 10. The predicted octanol–water partition coefficient (Wildman–Crippen LogP) is 0.416. The Labute approximate surface area is 216 Å². The Morgan fingerprint density at radius 3 is 1.41 bits per heavy atom. The van der Waals surface area contributed by atoms with Gasteiger partial charge in [-0.2, -0.15) is 0 Å². The van der Waals surface area contributed by atoms with Gasteiger partial charge in [-0.25, -0.2) is 0 Å². The fourth-order valence-electron chi connectivity index (χ4n) is 3.81. The van der Waals surface area contributed by atoms with Crippen molar-refractivity contribution in [2.24, 2.45) is 0 Å². The number of hydrogen-bond donors (Lipinski definition) is 0. The van der Waals surface area contributed by atoms with Gasteiger partial charge in [0.05, 0.1) is 36.2 Å². The van der Waals surface area contributed by atoms with E-state index in [-0.39, 0.29) is 47.6 Å². The third-order valence-electron chi connectivity index (χ3n) is 5.73. The Balaban J connectivity index is 1.36. The number of nitrogens with zero attached hydrogens (tertiary/aromatic N) is 4. The summed E-state index contributed by atoms with van der Waals surface area (Å²) in [5, 5.41) is 0. The Kier molecular flexibility index (Phi) is 8.58. The molecule has 0 aromatic rings. The smallest absolute Gasteiger partial charge is 0.267 e. The van der Waals surface area contributed by atoms with Crippen molar-refractivity contribution in [2.45, 2.75) is 12.8 Å². The van der Waals surface area contributed by atoms with Crippen molar-refractivity contribution < 1.29 is 28.7 Å². The van der Waals surface area contributed by atoms with Gasteiger partial charge >= 0.3 is 0 Å². The molecule has 4 aliphatic heterocycles. The molecule has 4 fully saturated rings. The number of carbonyl (C=O) groups is 4. The first-order valence-electron chi connectivity index (χ1n) is 10.9. The van der Waals surface area contributed by atoms with Crippen LogP contribution in [-0.2, 0) is 28.7 Å². The van der Waals surface area contributed by atoms with Gasteiger partial charge in [-0.3, -0.25) is 29.0 Å². The van der Waals surface area contributed by atoms with Gasteiger partial charge in [0.2, 0.25) is 11.8 Å². The summed E-state index contributed by atoms with van der Waals surface area (Å²) in [6.07, 6.45) is 0.286. The van der Waals surface area contributed by atoms with E-state index in [1.807, 2.05) is 0 Å². The molecule has 4 rings (SSSR count). The maximum absolute atomic E-state index is 13.0. The zero-order chi connectivity index (χ0) is 24.2. The second-order valence-electron chi connectivity index (χ2n) is 7.79. The van der Waals surface area contributed by atoms with E-state index in [0.717, 1.165) is 23.5 Å². The second-order valence-corrected chi connectivity index (χ2v) is 11.1. The predicted molar refractivity (Wildman–Crippen MR) is 135 cm³/mol. The molecule has 4 amide bonds. The van der Waals surface area contributed by atoms with Crippen LogP contribution < -0.4 is 0 Å². The van der Waals surface area contributed by atoms with Crippen LogP contribution in [0.5, 0.6) is 0 Å². The number of morpholine rings is 2. The van der Waals surface area contributed by atoms with E-state index in [0.29, 0.717) is 61.2 Å². The maximum Gasteiger partial charge on any atom is 0.267 e. The van der Waals surface area contributed by atoms with Crippen LogP contribution in [0.3, 0.4) is 0 Å². The van der Waals surface area contributed by atoms with Gasteiger partial charge in [-0.1, -0.05) is 48.0 Å². The largest absolute Gasteiger partial charge is 0.378 e. The third-order valence-corrected chi connectivity index (χ3v) is 8.76. The van der Waals surface area contributed by atoms with E-state index < -0.39 is 11.8 Å². The summed E-state index contributed by atoms with van der Waals surface area (Å²) in [6.45, 7) is 4.47. The summed E-state index contributed by atoms with van der Waals surface area (Å²) in [4.78, 5) is 57.5. The molecule has 4 aliphatic rings. The zero-order valence-electron chi connectivity index (χ0n) is 18.4. The first-order chi connectivity index (χ1) is 16.4. The minimum absolute atomic E-state index is 0.0615. The third kappa shape index (κ3) is 5.62.